The Morgan fingerprint density at radius 2 is 1.95 bits per heavy atom. The van der Waals surface area contributed by atoms with Crippen molar-refractivity contribution in [2.45, 2.75) is 32.0 Å². The van der Waals surface area contributed by atoms with Gasteiger partial charge in [-0.3, -0.25) is 4.99 Å². The molecular weight excluding hydrogens is 369 g/mol. The number of hydrogen-bond acceptors (Lipinski definition) is 3. The van der Waals surface area contributed by atoms with E-state index in [2.05, 4.69) is 22.1 Å². The van der Waals surface area contributed by atoms with Crippen molar-refractivity contribution in [3.63, 3.8) is 0 Å². The molecule has 116 valence electrons. The second-order valence-corrected chi connectivity index (χ2v) is 5.75. The van der Waals surface area contributed by atoms with Crippen LogP contribution in [0.5, 0.6) is 0 Å². The van der Waals surface area contributed by atoms with E-state index in [-0.39, 0.29) is 24.0 Å². The van der Waals surface area contributed by atoms with Crippen LogP contribution in [0.1, 0.15) is 19.8 Å². The maximum atomic E-state index is 6.02. The van der Waals surface area contributed by atoms with Crippen molar-refractivity contribution in [2.24, 2.45) is 16.8 Å². The molecule has 20 heavy (non-hydrogen) atoms. The number of hydrogen-bond donors (Lipinski definition) is 1. The molecule has 0 aliphatic carbocycles. The van der Waals surface area contributed by atoms with Crippen molar-refractivity contribution >= 4 is 29.9 Å². The molecular formula is C14H26IN3O2. The van der Waals surface area contributed by atoms with Crippen LogP contribution in [-0.2, 0) is 9.47 Å². The van der Waals surface area contributed by atoms with Crippen LogP contribution in [0.25, 0.3) is 0 Å². The zero-order valence-corrected chi connectivity index (χ0v) is 14.7. The van der Waals surface area contributed by atoms with Gasteiger partial charge in [-0.2, -0.15) is 0 Å². The SMILES string of the molecule is CCNC(=NCCOC)N1CC2C3CCC(O3)C2C1.I. The topological polar surface area (TPSA) is 46.1 Å². The van der Waals surface area contributed by atoms with Gasteiger partial charge in [-0.1, -0.05) is 0 Å². The maximum Gasteiger partial charge on any atom is 0.194 e. The second-order valence-electron chi connectivity index (χ2n) is 5.75. The molecule has 2 bridgehead atoms. The Morgan fingerprint density at radius 1 is 1.30 bits per heavy atom. The number of fused-ring (bicyclic) bond motifs is 5. The van der Waals surface area contributed by atoms with Crippen LogP contribution in [0.2, 0.25) is 0 Å². The third-order valence-electron chi connectivity index (χ3n) is 4.64. The first-order valence-electron chi connectivity index (χ1n) is 7.51. The first-order valence-corrected chi connectivity index (χ1v) is 7.51. The lowest BCUT2D eigenvalue weighted by atomic mass is 9.82. The molecule has 0 aromatic carbocycles. The first-order chi connectivity index (χ1) is 9.33. The minimum absolute atomic E-state index is 0. The lowest BCUT2D eigenvalue weighted by Gasteiger charge is -2.23. The summed E-state index contributed by atoms with van der Waals surface area (Å²) >= 11 is 0. The maximum absolute atomic E-state index is 6.02. The number of methoxy groups -OCH3 is 1. The van der Waals surface area contributed by atoms with Crippen LogP contribution in [0.4, 0.5) is 0 Å². The predicted octanol–water partition coefficient (Wildman–Crippen LogP) is 1.33. The van der Waals surface area contributed by atoms with Crippen LogP contribution in [0.15, 0.2) is 4.99 Å². The van der Waals surface area contributed by atoms with Crippen molar-refractivity contribution < 1.29 is 9.47 Å². The quantitative estimate of drug-likeness (QED) is 0.338. The highest BCUT2D eigenvalue weighted by atomic mass is 127. The number of guanidine groups is 1. The smallest absolute Gasteiger partial charge is 0.194 e. The molecule has 0 aromatic rings. The van der Waals surface area contributed by atoms with Crippen molar-refractivity contribution in [3.05, 3.63) is 0 Å². The normalized spacial score (nSPS) is 35.1. The highest BCUT2D eigenvalue weighted by Crippen LogP contribution is 2.47. The van der Waals surface area contributed by atoms with E-state index in [0.29, 0.717) is 18.8 Å². The summed E-state index contributed by atoms with van der Waals surface area (Å²) in [5.41, 5.74) is 0. The van der Waals surface area contributed by atoms with E-state index in [1.165, 1.54) is 12.8 Å². The van der Waals surface area contributed by atoms with E-state index in [1.807, 2.05) is 0 Å². The Hall–Kier alpha value is -0.0800. The van der Waals surface area contributed by atoms with Gasteiger partial charge in [-0.15, -0.1) is 24.0 Å². The van der Waals surface area contributed by atoms with Gasteiger partial charge in [-0.25, -0.2) is 0 Å². The standard InChI is InChI=1S/C14H25N3O2.HI/c1-3-15-14(16-6-7-18-2)17-8-10-11(9-17)13-5-4-12(10)19-13;/h10-13H,3-9H2,1-2H3,(H,15,16);1H. The lowest BCUT2D eigenvalue weighted by Crippen LogP contribution is -2.41. The molecule has 3 aliphatic heterocycles. The van der Waals surface area contributed by atoms with Crippen LogP contribution >= 0.6 is 24.0 Å². The molecule has 3 heterocycles. The second kappa shape index (κ2) is 7.26. The fraction of sp³-hybridized carbons (Fsp3) is 0.929. The molecule has 3 rings (SSSR count). The molecule has 3 aliphatic rings. The summed E-state index contributed by atoms with van der Waals surface area (Å²) in [5.74, 6) is 2.50. The lowest BCUT2D eigenvalue weighted by molar-refractivity contribution is 0.0767. The fourth-order valence-electron chi connectivity index (χ4n) is 3.80. The number of halogens is 1. The zero-order chi connectivity index (χ0) is 13.2. The zero-order valence-electron chi connectivity index (χ0n) is 12.4. The summed E-state index contributed by atoms with van der Waals surface area (Å²) in [6.07, 6.45) is 3.55. The number of rotatable bonds is 4. The van der Waals surface area contributed by atoms with E-state index >= 15 is 0 Å². The number of aliphatic imine (C=N–C) groups is 1. The van der Waals surface area contributed by atoms with Gasteiger partial charge in [0.25, 0.3) is 0 Å². The summed E-state index contributed by atoms with van der Waals surface area (Å²) in [5, 5.41) is 3.40. The number of ether oxygens (including phenoxy) is 2. The van der Waals surface area contributed by atoms with E-state index in [0.717, 1.165) is 44.0 Å². The third kappa shape index (κ3) is 3.06. The number of likely N-dealkylation sites (tertiary alicyclic amines) is 1. The average molecular weight is 395 g/mol. The van der Waals surface area contributed by atoms with E-state index in [9.17, 15) is 0 Å². The summed E-state index contributed by atoms with van der Waals surface area (Å²) in [7, 11) is 1.72. The predicted molar refractivity (Wildman–Crippen MR) is 89.7 cm³/mol. The highest BCUT2D eigenvalue weighted by Gasteiger charge is 2.53. The van der Waals surface area contributed by atoms with Gasteiger partial charge in [0, 0.05) is 38.6 Å². The molecule has 4 atom stereocenters. The fourth-order valence-corrected chi connectivity index (χ4v) is 3.80. The third-order valence-corrected chi connectivity index (χ3v) is 4.64. The van der Waals surface area contributed by atoms with Gasteiger partial charge in [0.2, 0.25) is 0 Å². The molecule has 3 fully saturated rings. The molecule has 1 N–H and O–H groups in total. The van der Waals surface area contributed by atoms with Gasteiger partial charge in [0.15, 0.2) is 5.96 Å². The molecule has 0 radical (unpaired) electrons. The van der Waals surface area contributed by atoms with Gasteiger partial charge < -0.3 is 19.7 Å². The Kier molecular flexibility index (Phi) is 5.92. The summed E-state index contributed by atoms with van der Waals surface area (Å²) < 4.78 is 11.1. The van der Waals surface area contributed by atoms with Crippen molar-refractivity contribution in [1.82, 2.24) is 10.2 Å². The van der Waals surface area contributed by atoms with Crippen LogP contribution in [-0.4, -0.2) is 63.0 Å². The minimum atomic E-state index is 0. The van der Waals surface area contributed by atoms with Crippen molar-refractivity contribution in [1.29, 1.82) is 0 Å². The van der Waals surface area contributed by atoms with E-state index in [4.69, 9.17) is 9.47 Å². The van der Waals surface area contributed by atoms with Gasteiger partial charge in [0.1, 0.15) is 0 Å². The monoisotopic (exact) mass is 395 g/mol. The molecule has 0 aromatic heterocycles. The van der Waals surface area contributed by atoms with Crippen molar-refractivity contribution in [3.8, 4) is 0 Å². The Balaban J connectivity index is 0.00000147. The van der Waals surface area contributed by atoms with E-state index in [1.54, 1.807) is 7.11 Å². The largest absolute Gasteiger partial charge is 0.383 e. The van der Waals surface area contributed by atoms with E-state index < -0.39 is 0 Å². The summed E-state index contributed by atoms with van der Waals surface area (Å²) in [4.78, 5) is 7.07. The average Bonchev–Trinajstić information content (AvgIpc) is 3.10. The summed E-state index contributed by atoms with van der Waals surface area (Å²) in [6.45, 7) is 6.66. The first kappa shape index (κ1) is 16.3. The van der Waals surface area contributed by atoms with Gasteiger partial charge in [-0.05, 0) is 19.8 Å². The van der Waals surface area contributed by atoms with Crippen LogP contribution < -0.4 is 5.32 Å². The summed E-state index contributed by atoms with van der Waals surface area (Å²) in [6, 6.07) is 0. The molecule has 0 spiro atoms. The van der Waals surface area contributed by atoms with Crippen LogP contribution in [0.3, 0.4) is 0 Å². The molecule has 5 nitrogen and oxygen atoms in total. The Labute approximate surface area is 138 Å². The van der Waals surface area contributed by atoms with Crippen LogP contribution in [0, 0.1) is 11.8 Å². The molecule has 3 saturated heterocycles. The molecule has 0 saturated carbocycles. The Bertz CT molecular complexity index is 335. The molecule has 6 heteroatoms. The molecule has 0 amide bonds. The van der Waals surface area contributed by atoms with Gasteiger partial charge >= 0.3 is 0 Å². The molecule has 4 unspecified atom stereocenters. The van der Waals surface area contributed by atoms with Gasteiger partial charge in [0.05, 0.1) is 25.4 Å². The van der Waals surface area contributed by atoms with Crippen molar-refractivity contribution in [2.75, 3.05) is 39.9 Å². The highest BCUT2D eigenvalue weighted by molar-refractivity contribution is 14.0. The number of nitrogens with zero attached hydrogens (tertiary/aromatic N) is 2. The number of nitrogens with one attached hydrogen (secondary N) is 1. The minimum Gasteiger partial charge on any atom is -0.383 e. The Morgan fingerprint density at radius 3 is 2.50 bits per heavy atom.